The lowest BCUT2D eigenvalue weighted by atomic mass is 10.00. The van der Waals surface area contributed by atoms with E-state index < -0.39 is 11.4 Å². The van der Waals surface area contributed by atoms with Crippen molar-refractivity contribution in [1.82, 2.24) is 4.90 Å². The van der Waals surface area contributed by atoms with E-state index in [4.69, 9.17) is 5.11 Å². The second kappa shape index (κ2) is 6.61. The number of carboxylic acids is 1. The molecule has 1 saturated carbocycles. The summed E-state index contributed by atoms with van der Waals surface area (Å²) in [6.45, 7) is 7.04. The zero-order chi connectivity index (χ0) is 15.5. The van der Waals surface area contributed by atoms with E-state index in [1.54, 1.807) is 6.92 Å². The molecule has 0 heterocycles. The van der Waals surface area contributed by atoms with Crippen molar-refractivity contribution in [2.45, 2.75) is 46.6 Å². The number of nitrogens with zero attached hydrogens (tertiary/aromatic N) is 1. The molecule has 0 aliphatic heterocycles. The maximum absolute atomic E-state index is 12.3. The molecule has 0 spiro atoms. The van der Waals surface area contributed by atoms with Crippen molar-refractivity contribution in [3.8, 4) is 0 Å². The van der Waals surface area contributed by atoms with Crippen LogP contribution in [0.3, 0.4) is 0 Å². The van der Waals surface area contributed by atoms with Gasteiger partial charge in [0.1, 0.15) is 6.54 Å². The SMILES string of the molecule is CC(CSC(=O)C(C)(C)C)C(=O)N(CC(=O)O)C1CC1. The van der Waals surface area contributed by atoms with Gasteiger partial charge < -0.3 is 10.0 Å². The third-order valence-corrected chi connectivity index (χ3v) is 4.62. The zero-order valence-corrected chi connectivity index (χ0v) is 13.3. The molecule has 114 valence electrons. The van der Waals surface area contributed by atoms with Crippen molar-refractivity contribution in [3.63, 3.8) is 0 Å². The molecule has 20 heavy (non-hydrogen) atoms. The molecular weight excluding hydrogens is 278 g/mol. The molecule has 0 radical (unpaired) electrons. The summed E-state index contributed by atoms with van der Waals surface area (Å²) in [6, 6.07) is 0.0735. The number of carboxylic acid groups (broad SMARTS) is 1. The largest absolute Gasteiger partial charge is 0.480 e. The monoisotopic (exact) mass is 301 g/mol. The van der Waals surface area contributed by atoms with Crippen LogP contribution in [0, 0.1) is 11.3 Å². The van der Waals surface area contributed by atoms with Crippen molar-refractivity contribution < 1.29 is 19.5 Å². The first-order valence-corrected chi connectivity index (χ1v) is 7.81. The van der Waals surface area contributed by atoms with Crippen LogP contribution < -0.4 is 0 Å². The topological polar surface area (TPSA) is 74.7 Å². The molecular formula is C14H23NO4S. The maximum Gasteiger partial charge on any atom is 0.323 e. The third-order valence-electron chi connectivity index (χ3n) is 3.07. The van der Waals surface area contributed by atoms with Gasteiger partial charge in [0.15, 0.2) is 5.12 Å². The Kier molecular flexibility index (Phi) is 5.62. The normalized spacial score (nSPS) is 16.6. The van der Waals surface area contributed by atoms with E-state index in [1.807, 2.05) is 20.8 Å². The Balaban J connectivity index is 2.52. The molecule has 1 aliphatic carbocycles. The van der Waals surface area contributed by atoms with E-state index in [-0.39, 0.29) is 29.5 Å². The molecule has 0 bridgehead atoms. The molecule has 0 saturated heterocycles. The van der Waals surface area contributed by atoms with Crippen LogP contribution >= 0.6 is 11.8 Å². The second-order valence-electron chi connectivity index (χ2n) is 6.34. The van der Waals surface area contributed by atoms with Gasteiger partial charge in [-0.15, -0.1) is 0 Å². The molecule has 1 fully saturated rings. The predicted molar refractivity (Wildman–Crippen MR) is 78.5 cm³/mol. The van der Waals surface area contributed by atoms with Gasteiger partial charge in [0.05, 0.1) is 0 Å². The maximum atomic E-state index is 12.3. The van der Waals surface area contributed by atoms with Crippen LogP contribution in [0.5, 0.6) is 0 Å². The molecule has 1 amide bonds. The summed E-state index contributed by atoms with van der Waals surface area (Å²) in [4.78, 5) is 36.3. The van der Waals surface area contributed by atoms with Crippen LogP contribution in [0.15, 0.2) is 0 Å². The van der Waals surface area contributed by atoms with Crippen LogP contribution in [-0.4, -0.2) is 45.3 Å². The fourth-order valence-corrected chi connectivity index (χ4v) is 2.67. The number of carbonyl (C=O) groups is 3. The van der Waals surface area contributed by atoms with Crippen molar-refractivity contribution in [3.05, 3.63) is 0 Å². The molecule has 0 aromatic carbocycles. The number of hydrogen-bond acceptors (Lipinski definition) is 4. The van der Waals surface area contributed by atoms with Crippen molar-refractivity contribution in [1.29, 1.82) is 0 Å². The summed E-state index contributed by atoms with van der Waals surface area (Å²) in [5, 5.41) is 8.91. The molecule has 0 aromatic rings. The number of carbonyl (C=O) groups excluding carboxylic acids is 2. The van der Waals surface area contributed by atoms with Crippen LogP contribution in [0.25, 0.3) is 0 Å². The second-order valence-corrected chi connectivity index (χ2v) is 7.33. The summed E-state index contributed by atoms with van der Waals surface area (Å²) in [6.07, 6.45) is 1.75. The van der Waals surface area contributed by atoms with Gasteiger partial charge in [-0.05, 0) is 12.8 Å². The van der Waals surface area contributed by atoms with Gasteiger partial charge in [0.25, 0.3) is 0 Å². The number of thioether (sulfide) groups is 1. The Hall–Kier alpha value is -1.04. The van der Waals surface area contributed by atoms with Gasteiger partial charge in [0, 0.05) is 23.1 Å². The van der Waals surface area contributed by atoms with Crippen LogP contribution in [0.4, 0.5) is 0 Å². The van der Waals surface area contributed by atoms with Gasteiger partial charge in [-0.25, -0.2) is 0 Å². The van der Waals surface area contributed by atoms with E-state index >= 15 is 0 Å². The number of hydrogen-bond donors (Lipinski definition) is 1. The van der Waals surface area contributed by atoms with Crippen molar-refractivity contribution in [2.24, 2.45) is 11.3 Å². The summed E-state index contributed by atoms with van der Waals surface area (Å²) in [7, 11) is 0. The smallest absolute Gasteiger partial charge is 0.323 e. The average Bonchev–Trinajstić information content (AvgIpc) is 3.14. The Morgan fingerprint density at radius 1 is 1.30 bits per heavy atom. The quantitative estimate of drug-likeness (QED) is 0.812. The summed E-state index contributed by atoms with van der Waals surface area (Å²) < 4.78 is 0. The minimum atomic E-state index is -0.990. The highest BCUT2D eigenvalue weighted by Gasteiger charge is 2.36. The van der Waals surface area contributed by atoms with E-state index in [9.17, 15) is 14.4 Å². The lowest BCUT2D eigenvalue weighted by molar-refractivity contribution is -0.146. The lowest BCUT2D eigenvalue weighted by Gasteiger charge is -2.24. The van der Waals surface area contributed by atoms with Crippen molar-refractivity contribution >= 4 is 28.8 Å². The Labute approximate surface area is 124 Å². The van der Waals surface area contributed by atoms with Gasteiger partial charge in [-0.2, -0.15) is 0 Å². The first-order chi connectivity index (χ1) is 9.12. The molecule has 1 atom stereocenters. The molecule has 1 rings (SSSR count). The van der Waals surface area contributed by atoms with Crippen LogP contribution in [-0.2, 0) is 14.4 Å². The van der Waals surface area contributed by atoms with Gasteiger partial charge >= 0.3 is 5.97 Å². The number of amides is 1. The van der Waals surface area contributed by atoms with Crippen LogP contribution in [0.1, 0.15) is 40.5 Å². The number of rotatable bonds is 6. The summed E-state index contributed by atoms with van der Waals surface area (Å²) in [5.41, 5.74) is -0.426. The van der Waals surface area contributed by atoms with Crippen molar-refractivity contribution in [2.75, 3.05) is 12.3 Å². The first kappa shape index (κ1) is 17.0. The fraction of sp³-hybridized carbons (Fsp3) is 0.786. The van der Waals surface area contributed by atoms with Crippen LogP contribution in [0.2, 0.25) is 0 Å². The molecule has 0 aromatic heterocycles. The van der Waals surface area contributed by atoms with E-state index in [0.29, 0.717) is 5.75 Å². The standard InChI is InChI=1S/C14H23NO4S/c1-9(8-20-13(19)14(2,3)4)12(18)15(7-11(16)17)10-5-6-10/h9-10H,5-8H2,1-4H3,(H,16,17). The van der Waals surface area contributed by atoms with Gasteiger partial charge in [0.2, 0.25) is 5.91 Å². The lowest BCUT2D eigenvalue weighted by Crippen LogP contribution is -2.41. The summed E-state index contributed by atoms with van der Waals surface area (Å²) in [5.74, 6) is -1.09. The average molecular weight is 301 g/mol. The Morgan fingerprint density at radius 3 is 2.25 bits per heavy atom. The molecule has 6 heteroatoms. The predicted octanol–water partition coefficient (Wildman–Crippen LogP) is 2.00. The van der Waals surface area contributed by atoms with E-state index in [1.165, 1.54) is 4.90 Å². The Bertz CT molecular complexity index is 398. The van der Waals surface area contributed by atoms with Gasteiger partial charge in [-0.3, -0.25) is 14.4 Å². The molecule has 1 unspecified atom stereocenters. The minimum Gasteiger partial charge on any atom is -0.480 e. The highest BCUT2D eigenvalue weighted by atomic mass is 32.2. The molecule has 5 nitrogen and oxygen atoms in total. The highest BCUT2D eigenvalue weighted by Crippen LogP contribution is 2.29. The molecule has 1 aliphatic rings. The van der Waals surface area contributed by atoms with E-state index in [2.05, 4.69) is 0 Å². The highest BCUT2D eigenvalue weighted by molar-refractivity contribution is 8.13. The third kappa shape index (κ3) is 5.15. The zero-order valence-electron chi connectivity index (χ0n) is 12.5. The summed E-state index contributed by atoms with van der Waals surface area (Å²) >= 11 is 1.15. The van der Waals surface area contributed by atoms with E-state index in [0.717, 1.165) is 24.6 Å². The first-order valence-electron chi connectivity index (χ1n) is 6.82. The Morgan fingerprint density at radius 2 is 1.85 bits per heavy atom. The van der Waals surface area contributed by atoms with Gasteiger partial charge in [-0.1, -0.05) is 39.5 Å². The minimum absolute atomic E-state index is 0.0494. The molecule has 1 N–H and O–H groups in total. The number of aliphatic carboxylic acids is 1. The fourth-order valence-electron chi connectivity index (χ4n) is 1.69.